The molecule has 3 aliphatic heterocycles. The fourth-order valence-corrected chi connectivity index (χ4v) is 6.98. The zero-order chi connectivity index (χ0) is 23.2. The van der Waals surface area contributed by atoms with E-state index in [0.29, 0.717) is 35.5 Å². The number of hydrogen-bond acceptors (Lipinski definition) is 7. The van der Waals surface area contributed by atoms with Gasteiger partial charge in [-0.05, 0) is 81.8 Å². The highest BCUT2D eigenvalue weighted by Crippen LogP contribution is 2.37. The Morgan fingerprint density at radius 2 is 1.82 bits per heavy atom. The van der Waals surface area contributed by atoms with E-state index >= 15 is 0 Å². The molecule has 34 heavy (non-hydrogen) atoms. The van der Waals surface area contributed by atoms with Crippen LogP contribution in [0.5, 0.6) is 5.75 Å². The molecule has 2 bridgehead atoms. The minimum absolute atomic E-state index is 0.110. The molecule has 3 atom stereocenters. The first-order valence-corrected chi connectivity index (χ1v) is 13.1. The van der Waals surface area contributed by atoms with Gasteiger partial charge >= 0.3 is 0 Å². The lowest BCUT2D eigenvalue weighted by Crippen LogP contribution is -2.43. The Morgan fingerprint density at radius 3 is 2.53 bits per heavy atom. The summed E-state index contributed by atoms with van der Waals surface area (Å²) in [4.78, 5) is 21.1. The predicted octanol–water partition coefficient (Wildman–Crippen LogP) is 3.91. The third-order valence-corrected chi connectivity index (χ3v) is 9.12. The maximum atomic E-state index is 13.2. The summed E-state index contributed by atoms with van der Waals surface area (Å²) in [7, 11) is 2.23. The van der Waals surface area contributed by atoms with E-state index in [1.165, 1.54) is 24.2 Å². The molecule has 3 fully saturated rings. The number of thiophene rings is 1. The third-order valence-electron chi connectivity index (χ3n) is 7.93. The van der Waals surface area contributed by atoms with E-state index in [-0.39, 0.29) is 17.6 Å². The summed E-state index contributed by atoms with van der Waals surface area (Å²) in [5, 5.41) is 10.8. The van der Waals surface area contributed by atoms with Crippen LogP contribution >= 0.6 is 11.3 Å². The predicted molar refractivity (Wildman–Crippen MR) is 132 cm³/mol. The number of fused-ring (bicyclic) bond motifs is 3. The second-order valence-electron chi connectivity index (χ2n) is 9.93. The molecular formula is C26H31N3O4S. The van der Waals surface area contributed by atoms with Crippen molar-refractivity contribution >= 4 is 21.6 Å². The molecule has 0 radical (unpaired) electrons. The van der Waals surface area contributed by atoms with Crippen molar-refractivity contribution in [2.45, 2.75) is 62.8 Å². The van der Waals surface area contributed by atoms with Crippen LogP contribution in [-0.2, 0) is 4.74 Å². The standard InChI is InChI=1S/C26H31N3O4S/c1-28-18-2-3-19(28)13-21(12-18)33-20-6-4-17(5-7-20)29-15-27-22-14-23(34-25(22)26(29)31)24(30)16-8-10-32-11-9-16/h4-7,14-16,18-19,21,24,30H,2-3,8-13H2,1H3/t18-,19-,24?/m1/s1. The second-order valence-corrected chi connectivity index (χ2v) is 11.0. The molecule has 0 aliphatic carbocycles. The SMILES string of the molecule is CN1[C@@H]2CC[C@@H]1CC(Oc1ccc(-n3cnc4cc(C(O)C5CCOCC5)sc4c3=O)cc1)C2. The molecule has 0 saturated carbocycles. The smallest absolute Gasteiger partial charge is 0.275 e. The van der Waals surface area contributed by atoms with Crippen molar-refractivity contribution < 1.29 is 14.6 Å². The summed E-state index contributed by atoms with van der Waals surface area (Å²) in [6.45, 7) is 1.35. The van der Waals surface area contributed by atoms with Crippen molar-refractivity contribution in [2.75, 3.05) is 20.3 Å². The molecular weight excluding hydrogens is 450 g/mol. The van der Waals surface area contributed by atoms with Gasteiger partial charge in [0.05, 0.1) is 17.3 Å². The van der Waals surface area contributed by atoms with Crippen LogP contribution in [0.4, 0.5) is 0 Å². The first kappa shape index (κ1) is 22.2. The number of piperidine rings is 1. The number of aliphatic hydroxyl groups excluding tert-OH is 1. The summed E-state index contributed by atoms with van der Waals surface area (Å²) < 4.78 is 13.9. The Morgan fingerprint density at radius 1 is 1.12 bits per heavy atom. The van der Waals surface area contributed by atoms with Crippen molar-refractivity contribution in [2.24, 2.45) is 5.92 Å². The normalized spacial score (nSPS) is 26.7. The van der Waals surface area contributed by atoms with Crippen molar-refractivity contribution in [3.63, 3.8) is 0 Å². The Kier molecular flexibility index (Phi) is 5.93. The minimum atomic E-state index is -0.581. The number of hydrogen-bond donors (Lipinski definition) is 1. The number of rotatable bonds is 5. The van der Waals surface area contributed by atoms with E-state index < -0.39 is 6.10 Å². The van der Waals surface area contributed by atoms with Crippen molar-refractivity contribution in [1.29, 1.82) is 0 Å². The highest BCUT2D eigenvalue weighted by atomic mass is 32.1. The topological polar surface area (TPSA) is 76.8 Å². The fraction of sp³-hybridized carbons (Fsp3) is 0.538. The first-order chi connectivity index (χ1) is 16.6. The van der Waals surface area contributed by atoms with E-state index in [1.807, 2.05) is 30.3 Å². The van der Waals surface area contributed by atoms with Crippen LogP contribution in [-0.4, -0.2) is 58.0 Å². The number of aliphatic hydroxyl groups is 1. The summed E-state index contributed by atoms with van der Waals surface area (Å²) in [5.41, 5.74) is 1.29. The molecule has 3 saturated heterocycles. The molecule has 1 unspecified atom stereocenters. The number of benzene rings is 1. The summed E-state index contributed by atoms with van der Waals surface area (Å²) in [5.74, 6) is 1.01. The molecule has 0 spiro atoms. The van der Waals surface area contributed by atoms with Crippen LogP contribution < -0.4 is 10.3 Å². The van der Waals surface area contributed by atoms with Crippen LogP contribution in [0.15, 0.2) is 41.5 Å². The Hall–Kier alpha value is -2.26. The average molecular weight is 482 g/mol. The van der Waals surface area contributed by atoms with E-state index in [0.717, 1.165) is 42.0 Å². The highest BCUT2D eigenvalue weighted by molar-refractivity contribution is 7.19. The van der Waals surface area contributed by atoms with Gasteiger partial charge in [0.1, 0.15) is 22.9 Å². The highest BCUT2D eigenvalue weighted by Gasteiger charge is 2.39. The average Bonchev–Trinajstić information content (AvgIpc) is 3.37. The first-order valence-electron chi connectivity index (χ1n) is 12.3. The maximum absolute atomic E-state index is 13.2. The van der Waals surface area contributed by atoms with Crippen molar-refractivity contribution in [3.05, 3.63) is 51.9 Å². The molecule has 1 N–H and O–H groups in total. The summed E-state index contributed by atoms with van der Waals surface area (Å²) in [6, 6.07) is 10.9. The largest absolute Gasteiger partial charge is 0.490 e. The van der Waals surface area contributed by atoms with Gasteiger partial charge in [0.2, 0.25) is 0 Å². The lowest BCUT2D eigenvalue weighted by atomic mass is 9.93. The Bertz CT molecular complexity index is 1200. The number of aromatic nitrogens is 2. The second kappa shape index (κ2) is 9.07. The van der Waals surface area contributed by atoms with Gasteiger partial charge in [-0.3, -0.25) is 9.36 Å². The van der Waals surface area contributed by atoms with E-state index in [1.54, 1.807) is 10.9 Å². The zero-order valence-corrected chi connectivity index (χ0v) is 20.2. The van der Waals surface area contributed by atoms with Crippen LogP contribution in [0, 0.1) is 5.92 Å². The molecule has 3 aliphatic rings. The molecule has 6 rings (SSSR count). The Labute approximate surface area is 202 Å². The molecule has 0 amide bonds. The Balaban J connectivity index is 1.20. The summed E-state index contributed by atoms with van der Waals surface area (Å²) in [6.07, 6.45) is 7.62. The van der Waals surface area contributed by atoms with E-state index in [2.05, 4.69) is 16.9 Å². The lowest BCUT2D eigenvalue weighted by Gasteiger charge is -2.36. The third kappa shape index (κ3) is 4.06. The minimum Gasteiger partial charge on any atom is -0.490 e. The maximum Gasteiger partial charge on any atom is 0.275 e. The van der Waals surface area contributed by atoms with E-state index in [9.17, 15) is 9.90 Å². The van der Waals surface area contributed by atoms with Crippen LogP contribution in [0.1, 0.15) is 49.5 Å². The van der Waals surface area contributed by atoms with Gasteiger partial charge in [0.25, 0.3) is 5.56 Å². The quantitative estimate of drug-likeness (QED) is 0.596. The van der Waals surface area contributed by atoms with E-state index in [4.69, 9.17) is 9.47 Å². The molecule has 5 heterocycles. The van der Waals surface area contributed by atoms with Gasteiger partial charge in [0, 0.05) is 30.2 Å². The molecule has 7 nitrogen and oxygen atoms in total. The molecule has 8 heteroatoms. The van der Waals surface area contributed by atoms with Gasteiger partial charge in [-0.25, -0.2) is 4.98 Å². The molecule has 3 aromatic rings. The van der Waals surface area contributed by atoms with Crippen LogP contribution in [0.2, 0.25) is 0 Å². The number of nitrogens with zero attached hydrogens (tertiary/aromatic N) is 3. The zero-order valence-electron chi connectivity index (χ0n) is 19.4. The van der Waals surface area contributed by atoms with Crippen molar-refractivity contribution in [3.8, 4) is 11.4 Å². The van der Waals surface area contributed by atoms with Crippen molar-refractivity contribution in [1.82, 2.24) is 14.5 Å². The molecule has 180 valence electrons. The van der Waals surface area contributed by atoms with Gasteiger partial charge in [0.15, 0.2) is 0 Å². The summed E-state index contributed by atoms with van der Waals surface area (Å²) >= 11 is 1.35. The van der Waals surface area contributed by atoms with Crippen LogP contribution in [0.3, 0.4) is 0 Å². The fourth-order valence-electron chi connectivity index (χ4n) is 5.86. The van der Waals surface area contributed by atoms with Gasteiger partial charge in [-0.15, -0.1) is 11.3 Å². The molecule has 1 aromatic carbocycles. The molecule has 2 aromatic heterocycles. The lowest BCUT2D eigenvalue weighted by molar-refractivity contribution is 0.00856. The monoisotopic (exact) mass is 481 g/mol. The van der Waals surface area contributed by atoms with Gasteiger partial charge in [-0.1, -0.05) is 0 Å². The van der Waals surface area contributed by atoms with Crippen LogP contribution in [0.25, 0.3) is 15.9 Å². The van der Waals surface area contributed by atoms with Gasteiger partial charge in [-0.2, -0.15) is 0 Å². The van der Waals surface area contributed by atoms with Gasteiger partial charge < -0.3 is 19.5 Å². The number of ether oxygens (including phenoxy) is 2.